The lowest BCUT2D eigenvalue weighted by atomic mass is 9.43. The highest BCUT2D eigenvalue weighted by molar-refractivity contribution is 5.94. The van der Waals surface area contributed by atoms with Crippen molar-refractivity contribution in [2.75, 3.05) is 0 Å². The predicted molar refractivity (Wildman–Crippen MR) is 146 cm³/mol. The van der Waals surface area contributed by atoms with Crippen molar-refractivity contribution in [2.24, 2.45) is 10.8 Å². The lowest BCUT2D eigenvalue weighted by Gasteiger charge is -2.64. The Bertz CT molecular complexity index is 1450. The number of rotatable bonds is 4. The first-order valence-corrected chi connectivity index (χ1v) is 13.5. The molecule has 0 aromatic heterocycles. The van der Waals surface area contributed by atoms with E-state index in [-0.39, 0.29) is 23.8 Å². The Balaban J connectivity index is 1.37. The van der Waals surface area contributed by atoms with Crippen molar-refractivity contribution in [1.29, 1.82) is 0 Å². The molecule has 4 aliphatic rings. The van der Waals surface area contributed by atoms with Gasteiger partial charge in [-0.3, -0.25) is 0 Å². The molecule has 8 rings (SSSR count). The molecule has 0 heterocycles. The van der Waals surface area contributed by atoms with E-state index in [0.717, 1.165) is 12.8 Å². The summed E-state index contributed by atoms with van der Waals surface area (Å²) in [6.07, 6.45) is 0.627. The van der Waals surface area contributed by atoms with E-state index in [4.69, 9.17) is 9.47 Å². The maximum Gasteiger partial charge on any atom is 0.338 e. The van der Waals surface area contributed by atoms with Gasteiger partial charge < -0.3 is 9.47 Å². The monoisotopic (exact) mass is 502 g/mol. The molecule has 190 valence electrons. The molecular formula is C34H30O4. The topological polar surface area (TPSA) is 52.6 Å². The number of benzene rings is 4. The fourth-order valence-corrected chi connectivity index (χ4v) is 7.84. The molecule has 4 heteroatoms. The van der Waals surface area contributed by atoms with E-state index in [9.17, 15) is 9.59 Å². The zero-order chi connectivity index (χ0) is 26.1. The van der Waals surface area contributed by atoms with Gasteiger partial charge in [0.25, 0.3) is 0 Å². The minimum atomic E-state index is -0.576. The van der Waals surface area contributed by atoms with Crippen molar-refractivity contribution in [2.45, 2.75) is 50.7 Å². The van der Waals surface area contributed by atoms with Gasteiger partial charge in [0.2, 0.25) is 0 Å². The quantitative estimate of drug-likeness (QED) is 0.275. The molecule has 0 amide bonds. The van der Waals surface area contributed by atoms with E-state index in [0.29, 0.717) is 11.1 Å². The van der Waals surface area contributed by atoms with Gasteiger partial charge in [0.15, 0.2) is 0 Å². The molecule has 3 saturated carbocycles. The average molecular weight is 503 g/mol. The maximum absolute atomic E-state index is 13.5. The fourth-order valence-electron chi connectivity index (χ4n) is 7.84. The first kappa shape index (κ1) is 23.2. The molecule has 6 atom stereocenters. The molecule has 4 aromatic rings. The molecule has 0 radical (unpaired) electrons. The number of ether oxygens (including phenoxy) is 2. The average Bonchev–Trinajstić information content (AvgIpc) is 3.31. The lowest BCUT2D eigenvalue weighted by Crippen LogP contribution is -2.66. The number of hydrogen-bond acceptors (Lipinski definition) is 4. The largest absolute Gasteiger partial charge is 0.454 e. The zero-order valence-electron chi connectivity index (χ0n) is 21.6. The van der Waals surface area contributed by atoms with E-state index >= 15 is 0 Å². The Labute approximate surface area is 222 Å². The van der Waals surface area contributed by atoms with E-state index in [2.05, 4.69) is 50.2 Å². The molecule has 4 nitrogen and oxygen atoms in total. The van der Waals surface area contributed by atoms with Crippen LogP contribution in [0, 0.1) is 10.8 Å². The summed E-state index contributed by atoms with van der Waals surface area (Å²) in [7, 11) is 0. The minimum absolute atomic E-state index is 0.169. The van der Waals surface area contributed by atoms with Crippen LogP contribution in [0.25, 0.3) is 10.8 Å². The fraction of sp³-hybridized carbons (Fsp3) is 0.294. The van der Waals surface area contributed by atoms with Gasteiger partial charge in [0.1, 0.15) is 12.2 Å². The highest BCUT2D eigenvalue weighted by atomic mass is 16.6. The van der Waals surface area contributed by atoms with Crippen molar-refractivity contribution in [3.05, 3.63) is 119 Å². The molecule has 4 aliphatic carbocycles. The maximum atomic E-state index is 13.5. The smallest absolute Gasteiger partial charge is 0.338 e. The minimum Gasteiger partial charge on any atom is -0.454 e. The number of carbonyl (C=O) groups is 2. The summed E-state index contributed by atoms with van der Waals surface area (Å²) in [6, 6.07) is 31.3. The van der Waals surface area contributed by atoms with E-state index in [1.807, 2.05) is 36.4 Å². The van der Waals surface area contributed by atoms with Gasteiger partial charge in [0.05, 0.1) is 11.1 Å². The molecule has 4 aromatic carbocycles. The molecule has 5 unspecified atom stereocenters. The van der Waals surface area contributed by atoms with Gasteiger partial charge in [-0.2, -0.15) is 0 Å². The molecular weight excluding hydrogens is 472 g/mol. The predicted octanol–water partition coefficient (Wildman–Crippen LogP) is 7.29. The Hall–Kier alpha value is -3.92. The van der Waals surface area contributed by atoms with E-state index in [1.54, 1.807) is 24.3 Å². The van der Waals surface area contributed by atoms with Gasteiger partial charge in [-0.1, -0.05) is 86.6 Å². The number of fused-ring (bicyclic) bond motifs is 2. The van der Waals surface area contributed by atoms with Gasteiger partial charge in [0, 0.05) is 22.7 Å². The van der Waals surface area contributed by atoms with Gasteiger partial charge >= 0.3 is 11.9 Å². The van der Waals surface area contributed by atoms with Gasteiger partial charge in [-0.05, 0) is 59.0 Å². The molecule has 3 fully saturated rings. The first-order valence-electron chi connectivity index (χ1n) is 13.5. The van der Waals surface area contributed by atoms with Crippen LogP contribution in [-0.4, -0.2) is 24.1 Å². The second kappa shape index (κ2) is 8.29. The Morgan fingerprint density at radius 2 is 1.03 bits per heavy atom. The van der Waals surface area contributed by atoms with Crippen molar-refractivity contribution in [3.8, 4) is 0 Å². The van der Waals surface area contributed by atoms with Crippen LogP contribution < -0.4 is 0 Å². The summed E-state index contributed by atoms with van der Waals surface area (Å²) in [5, 5.41) is 2.55. The normalized spacial score (nSPS) is 30.6. The number of carbonyl (C=O) groups excluding carboxylic acids is 2. The standard InChI is InChI=1S/C34H30O4/c1-33-19-20-34(2,28-25-18-10-16-21-15-9-17-24(26(21)25)27(28)33)30(38-32(36)23-13-7-4-8-14-23)29(33)37-31(35)22-11-5-3-6-12-22/h3-18,27-30H,19-20H2,1-2H3/t27?,28?,29?,30?,33-,34?/m1/s1. The molecule has 0 aliphatic heterocycles. The molecule has 38 heavy (non-hydrogen) atoms. The van der Waals surface area contributed by atoms with Gasteiger partial charge in [-0.15, -0.1) is 0 Å². The molecule has 0 N–H and O–H groups in total. The van der Waals surface area contributed by atoms with Crippen molar-refractivity contribution < 1.29 is 19.1 Å². The van der Waals surface area contributed by atoms with E-state index in [1.165, 1.54) is 21.9 Å². The second-order valence-electron chi connectivity index (χ2n) is 11.6. The van der Waals surface area contributed by atoms with Crippen LogP contribution in [0.5, 0.6) is 0 Å². The molecule has 0 saturated heterocycles. The summed E-state index contributed by atoms with van der Waals surface area (Å²) >= 11 is 0. The second-order valence-corrected chi connectivity index (χ2v) is 11.6. The highest BCUT2D eigenvalue weighted by Crippen LogP contribution is 2.73. The summed E-state index contributed by atoms with van der Waals surface area (Å²) in [5.74, 6) is -0.414. The number of esters is 2. The summed E-state index contributed by atoms with van der Waals surface area (Å²) in [6.45, 7) is 4.47. The third-order valence-electron chi connectivity index (χ3n) is 9.66. The number of hydrogen-bond donors (Lipinski definition) is 0. The first-order chi connectivity index (χ1) is 18.4. The summed E-state index contributed by atoms with van der Waals surface area (Å²) in [4.78, 5) is 27.0. The Kier molecular flexibility index (Phi) is 5.07. The summed E-state index contributed by atoms with van der Waals surface area (Å²) < 4.78 is 12.8. The van der Waals surface area contributed by atoms with Crippen molar-refractivity contribution >= 4 is 22.7 Å². The van der Waals surface area contributed by atoms with Crippen molar-refractivity contribution in [1.82, 2.24) is 0 Å². The van der Waals surface area contributed by atoms with E-state index < -0.39 is 23.0 Å². The van der Waals surface area contributed by atoms with Crippen LogP contribution in [0.4, 0.5) is 0 Å². The third kappa shape index (κ3) is 3.16. The van der Waals surface area contributed by atoms with Crippen LogP contribution in [0.15, 0.2) is 97.1 Å². The Morgan fingerprint density at radius 1 is 0.605 bits per heavy atom. The zero-order valence-corrected chi connectivity index (χ0v) is 21.6. The Morgan fingerprint density at radius 3 is 1.45 bits per heavy atom. The summed E-state index contributed by atoms with van der Waals surface area (Å²) in [5.41, 5.74) is 2.85. The molecule has 2 bridgehead atoms. The third-order valence-corrected chi connectivity index (χ3v) is 9.66. The SMILES string of the molecule is CC12CC[C@@](C)(C(OC(=O)c3ccccc3)C1OC(=O)c1ccccc1)C1c3cccc4cccc(c34)C12. The van der Waals surface area contributed by atoms with Crippen LogP contribution in [0.2, 0.25) is 0 Å². The van der Waals surface area contributed by atoms with Crippen LogP contribution >= 0.6 is 0 Å². The van der Waals surface area contributed by atoms with Crippen LogP contribution in [0.1, 0.15) is 70.4 Å². The van der Waals surface area contributed by atoms with Crippen molar-refractivity contribution in [3.63, 3.8) is 0 Å². The molecule has 0 spiro atoms. The lowest BCUT2D eigenvalue weighted by molar-refractivity contribution is -0.210. The van der Waals surface area contributed by atoms with Gasteiger partial charge in [-0.25, -0.2) is 9.59 Å². The van der Waals surface area contributed by atoms with Crippen LogP contribution in [0.3, 0.4) is 0 Å². The highest BCUT2D eigenvalue weighted by Gasteiger charge is 2.70. The van der Waals surface area contributed by atoms with Crippen LogP contribution in [-0.2, 0) is 9.47 Å².